The monoisotopic (exact) mass is 256 g/mol. The van der Waals surface area contributed by atoms with E-state index in [-0.39, 0.29) is 5.41 Å². The zero-order valence-electron chi connectivity index (χ0n) is 11.8. The number of nitrogens with one attached hydrogen (secondary N) is 1. The maximum absolute atomic E-state index is 4.33. The molecular weight excluding hydrogens is 236 g/mol. The predicted octanol–water partition coefficient (Wildman–Crippen LogP) is 2.35. The number of benzene rings is 1. The maximum Gasteiger partial charge on any atom is 0.164 e. The highest BCUT2D eigenvalue weighted by atomic mass is 15.3. The summed E-state index contributed by atoms with van der Waals surface area (Å²) in [5.74, 6) is 2.01. The molecule has 0 fully saturated rings. The second kappa shape index (κ2) is 4.46. The van der Waals surface area contributed by atoms with E-state index in [1.54, 1.807) is 0 Å². The molecule has 3 rings (SSSR count). The lowest BCUT2D eigenvalue weighted by atomic mass is 9.87. The number of nitrogens with zero attached hydrogens (tertiary/aromatic N) is 3. The molecule has 1 aromatic heterocycles. The van der Waals surface area contributed by atoms with Gasteiger partial charge in [0.1, 0.15) is 5.82 Å². The maximum atomic E-state index is 4.33. The second-order valence-corrected chi connectivity index (χ2v) is 6.10. The molecule has 0 spiro atoms. The molecule has 1 aliphatic rings. The van der Waals surface area contributed by atoms with Crippen LogP contribution in [-0.2, 0) is 18.5 Å². The zero-order valence-corrected chi connectivity index (χ0v) is 11.8. The smallest absolute Gasteiger partial charge is 0.164 e. The molecule has 2 aromatic rings. The molecule has 2 heterocycles. The van der Waals surface area contributed by atoms with Crippen molar-refractivity contribution >= 4 is 0 Å². The van der Waals surface area contributed by atoms with Crippen LogP contribution in [0.1, 0.15) is 32.2 Å². The van der Waals surface area contributed by atoms with Crippen molar-refractivity contribution in [3.63, 3.8) is 0 Å². The lowest BCUT2D eigenvalue weighted by molar-refractivity contribution is 0.508. The van der Waals surface area contributed by atoms with E-state index in [1.165, 1.54) is 5.56 Å². The van der Waals surface area contributed by atoms with E-state index in [0.29, 0.717) is 0 Å². The van der Waals surface area contributed by atoms with Gasteiger partial charge in [0.15, 0.2) is 5.82 Å². The summed E-state index contributed by atoms with van der Waals surface area (Å²) in [5.41, 5.74) is 2.68. The van der Waals surface area contributed by atoms with Crippen LogP contribution in [-0.4, -0.2) is 21.3 Å². The van der Waals surface area contributed by atoms with Gasteiger partial charge in [-0.3, -0.25) is 0 Å². The van der Waals surface area contributed by atoms with E-state index in [0.717, 1.165) is 36.8 Å². The van der Waals surface area contributed by atoms with Crippen molar-refractivity contribution < 1.29 is 0 Å². The van der Waals surface area contributed by atoms with Crippen molar-refractivity contribution in [3.05, 3.63) is 35.7 Å². The third kappa shape index (κ3) is 2.28. The highest BCUT2D eigenvalue weighted by molar-refractivity contribution is 5.56. The molecule has 0 saturated carbocycles. The standard InChI is InChI=1S/C15H20N4/c1-15(2,3)12-6-4-11(5-7-12)14-18-17-13-10-16-8-9-19(13)14/h4-7,16H,8-10H2,1-3H3. The van der Waals surface area contributed by atoms with Crippen LogP contribution in [0.5, 0.6) is 0 Å². The van der Waals surface area contributed by atoms with E-state index >= 15 is 0 Å². The van der Waals surface area contributed by atoms with Crippen LogP contribution >= 0.6 is 0 Å². The Morgan fingerprint density at radius 1 is 1.11 bits per heavy atom. The molecule has 0 atom stereocenters. The van der Waals surface area contributed by atoms with Crippen molar-refractivity contribution in [2.75, 3.05) is 6.54 Å². The molecule has 4 heteroatoms. The summed E-state index contributed by atoms with van der Waals surface area (Å²) in [7, 11) is 0. The molecule has 0 unspecified atom stereocenters. The summed E-state index contributed by atoms with van der Waals surface area (Å²) in [4.78, 5) is 0. The number of aromatic nitrogens is 3. The molecule has 4 nitrogen and oxygen atoms in total. The first kappa shape index (κ1) is 12.4. The summed E-state index contributed by atoms with van der Waals surface area (Å²) in [5, 5.41) is 11.9. The van der Waals surface area contributed by atoms with Gasteiger partial charge in [-0.25, -0.2) is 0 Å². The van der Waals surface area contributed by atoms with Gasteiger partial charge >= 0.3 is 0 Å². The topological polar surface area (TPSA) is 42.7 Å². The summed E-state index contributed by atoms with van der Waals surface area (Å²) in [6.45, 7) is 9.43. The van der Waals surface area contributed by atoms with Crippen LogP contribution in [0.3, 0.4) is 0 Å². The van der Waals surface area contributed by atoms with Gasteiger partial charge in [-0.05, 0) is 11.0 Å². The summed E-state index contributed by atoms with van der Waals surface area (Å²) in [6, 6.07) is 8.69. The van der Waals surface area contributed by atoms with Crippen LogP contribution < -0.4 is 5.32 Å². The van der Waals surface area contributed by atoms with Gasteiger partial charge in [0, 0.05) is 18.7 Å². The molecular formula is C15H20N4. The van der Waals surface area contributed by atoms with E-state index in [9.17, 15) is 0 Å². The average Bonchev–Trinajstić information content (AvgIpc) is 2.82. The van der Waals surface area contributed by atoms with Crippen LogP contribution in [0, 0.1) is 0 Å². The molecule has 19 heavy (non-hydrogen) atoms. The number of hydrogen-bond donors (Lipinski definition) is 1. The Labute approximate surface area is 113 Å². The average molecular weight is 256 g/mol. The Bertz CT molecular complexity index is 575. The molecule has 100 valence electrons. The Balaban J connectivity index is 1.97. The van der Waals surface area contributed by atoms with Gasteiger partial charge in [0.05, 0.1) is 6.54 Å². The number of hydrogen-bond acceptors (Lipinski definition) is 3. The minimum atomic E-state index is 0.187. The van der Waals surface area contributed by atoms with Crippen molar-refractivity contribution in [1.29, 1.82) is 0 Å². The van der Waals surface area contributed by atoms with Crippen molar-refractivity contribution in [2.24, 2.45) is 0 Å². The molecule has 1 aromatic carbocycles. The molecule has 0 aliphatic carbocycles. The quantitative estimate of drug-likeness (QED) is 0.851. The molecule has 1 N–H and O–H groups in total. The van der Waals surface area contributed by atoms with Crippen molar-refractivity contribution in [1.82, 2.24) is 20.1 Å². The fourth-order valence-corrected chi connectivity index (χ4v) is 2.42. The van der Waals surface area contributed by atoms with Crippen molar-refractivity contribution in [2.45, 2.75) is 39.3 Å². The van der Waals surface area contributed by atoms with E-state index in [2.05, 4.69) is 65.1 Å². The van der Waals surface area contributed by atoms with Gasteiger partial charge < -0.3 is 9.88 Å². The van der Waals surface area contributed by atoms with Crippen LogP contribution in [0.4, 0.5) is 0 Å². The van der Waals surface area contributed by atoms with Crippen LogP contribution in [0.15, 0.2) is 24.3 Å². The second-order valence-electron chi connectivity index (χ2n) is 6.10. The summed E-state index contributed by atoms with van der Waals surface area (Å²) in [6.07, 6.45) is 0. The highest BCUT2D eigenvalue weighted by Gasteiger charge is 2.18. The van der Waals surface area contributed by atoms with Crippen LogP contribution in [0.25, 0.3) is 11.4 Å². The van der Waals surface area contributed by atoms with Crippen molar-refractivity contribution in [3.8, 4) is 11.4 Å². The number of fused-ring (bicyclic) bond motifs is 1. The van der Waals surface area contributed by atoms with Gasteiger partial charge in [-0.1, -0.05) is 45.0 Å². The molecule has 0 saturated heterocycles. The predicted molar refractivity (Wildman–Crippen MR) is 75.9 cm³/mol. The van der Waals surface area contributed by atoms with E-state index in [4.69, 9.17) is 0 Å². The SMILES string of the molecule is CC(C)(C)c1ccc(-c2nnc3n2CCNC3)cc1. The first-order valence-corrected chi connectivity index (χ1v) is 6.79. The largest absolute Gasteiger partial charge is 0.309 e. The van der Waals surface area contributed by atoms with E-state index in [1.807, 2.05) is 0 Å². The van der Waals surface area contributed by atoms with Gasteiger partial charge in [-0.15, -0.1) is 10.2 Å². The fraction of sp³-hybridized carbons (Fsp3) is 0.467. The minimum Gasteiger partial charge on any atom is -0.309 e. The zero-order chi connectivity index (χ0) is 13.5. The van der Waals surface area contributed by atoms with Gasteiger partial charge in [-0.2, -0.15) is 0 Å². The Morgan fingerprint density at radius 2 is 1.84 bits per heavy atom. The summed E-state index contributed by atoms with van der Waals surface area (Å²) < 4.78 is 2.21. The highest BCUT2D eigenvalue weighted by Crippen LogP contribution is 2.26. The lowest BCUT2D eigenvalue weighted by Gasteiger charge is -2.19. The Morgan fingerprint density at radius 3 is 2.53 bits per heavy atom. The third-order valence-electron chi connectivity index (χ3n) is 3.63. The normalized spacial score (nSPS) is 15.3. The number of rotatable bonds is 1. The first-order valence-electron chi connectivity index (χ1n) is 6.79. The molecule has 0 radical (unpaired) electrons. The first-order chi connectivity index (χ1) is 9.05. The van der Waals surface area contributed by atoms with Gasteiger partial charge in [0.25, 0.3) is 0 Å². The minimum absolute atomic E-state index is 0.187. The lowest BCUT2D eigenvalue weighted by Crippen LogP contribution is -2.28. The summed E-state index contributed by atoms with van der Waals surface area (Å²) >= 11 is 0. The third-order valence-corrected chi connectivity index (χ3v) is 3.63. The Hall–Kier alpha value is -1.68. The Kier molecular flexibility index (Phi) is 2.90. The fourth-order valence-electron chi connectivity index (χ4n) is 2.42. The molecule has 1 aliphatic heterocycles. The van der Waals surface area contributed by atoms with Crippen LogP contribution in [0.2, 0.25) is 0 Å². The molecule has 0 amide bonds. The van der Waals surface area contributed by atoms with Gasteiger partial charge in [0.2, 0.25) is 0 Å². The van der Waals surface area contributed by atoms with E-state index < -0.39 is 0 Å². The molecule has 0 bridgehead atoms.